The van der Waals surface area contributed by atoms with Crippen molar-refractivity contribution in [1.29, 1.82) is 0 Å². The van der Waals surface area contributed by atoms with Crippen molar-refractivity contribution in [2.45, 2.75) is 256 Å². The minimum Gasteiger partial charge on any atom is -0.493 e. The number of benzene rings is 9. The zero-order valence-corrected chi connectivity index (χ0v) is 91.6. The normalized spacial score (nSPS) is 11.0. The molecule has 150 heavy (non-hydrogen) atoms. The van der Waals surface area contributed by atoms with E-state index in [0.29, 0.717) is 150 Å². The Bertz CT molecular complexity index is 5660. The Labute approximate surface area is 893 Å². The average molecular weight is 2050 g/mol. The smallest absolute Gasteiger partial charge is 0.333 e. The summed E-state index contributed by atoms with van der Waals surface area (Å²) in [5, 5.41) is 57.8. The molecule has 9 rings (SSSR count). The molecule has 9 aromatic rings. The lowest BCUT2D eigenvalue weighted by Crippen LogP contribution is -2.16. The quantitative estimate of drug-likeness (QED) is 0.00893. The molecule has 21 nitrogen and oxygen atoms in total. The topological polar surface area (TPSA) is 307 Å². The highest BCUT2D eigenvalue weighted by molar-refractivity contribution is 5.90. The molecule has 0 spiro atoms. The van der Waals surface area contributed by atoms with Crippen molar-refractivity contribution in [1.82, 2.24) is 0 Å². The van der Waals surface area contributed by atoms with E-state index in [-0.39, 0.29) is 97.0 Å². The molecule has 0 aliphatic carbocycles. The van der Waals surface area contributed by atoms with Gasteiger partial charge in [0.05, 0.1) is 59.5 Å². The predicted octanol–water partition coefficient (Wildman–Crippen LogP) is 25.2. The third-order valence-electron chi connectivity index (χ3n) is 26.1. The number of hydrogen-bond acceptors (Lipinski definition) is 21. The summed E-state index contributed by atoms with van der Waals surface area (Å²) in [7, 11) is 0. The molecule has 21 heteroatoms. The lowest BCUT2D eigenvalue weighted by molar-refractivity contribution is -0.139. The highest BCUT2D eigenvalue weighted by Gasteiger charge is 2.25. The van der Waals surface area contributed by atoms with Crippen molar-refractivity contribution in [3.8, 4) is 84.0 Å². The Kier molecular flexibility index (Phi) is 56.6. The standard InChI is InChI=1S/C44H58O7.C43H56O7.C42H54O7/c1-7-9-13-33-16-18-35(19-17-33)36-20-21-41(37(26-36)12-8-2)40-27-38(14-10-23-50-43(47)31(3)4)42(49-25-22-34(29-45)30-46)39(28-40)15-11-24-51-44(48)32(5)6;1-7-11-32-15-17-34(18-16-32)35-19-20-40(36(25-35)12-8-2)39-26-37(13-9-22-49-42(46)30(3)4)41(48-24-21-33(28-44)29-45)38(27-39)14-10-23-50-43(47)31(5)6;1-7-11-35-24-34(33-16-14-31(8-2)15-17-33)18-19-39(35)38-25-36(12-9-21-48-41(45)29(3)4)40(47-23-20-32(27-43)28-44)37(26-38)13-10-22-49-42(46)30(5)6/h16-21,26-28,34,45-46H,3,5,7-15,22-25,29-30H2,1-2,4,6H3;15-20,25-27,33,44-45H,3,5,7-14,21-24,28-29H2,1-2,4,6H3;14-19,24-26,32,43-44H,3,5,7-13,20-23,27-28H2,1-2,4,6H3. The molecule has 0 aromatic heterocycles. The lowest BCUT2D eigenvalue weighted by atomic mass is 9.89. The van der Waals surface area contributed by atoms with Gasteiger partial charge in [-0.2, -0.15) is 0 Å². The van der Waals surface area contributed by atoms with Gasteiger partial charge >= 0.3 is 35.8 Å². The van der Waals surface area contributed by atoms with Crippen LogP contribution in [0.2, 0.25) is 0 Å². The molecule has 0 atom stereocenters. The van der Waals surface area contributed by atoms with Gasteiger partial charge in [0.25, 0.3) is 0 Å². The maximum atomic E-state index is 12.1. The van der Waals surface area contributed by atoms with Gasteiger partial charge in [-0.1, -0.05) is 241 Å². The van der Waals surface area contributed by atoms with Crippen LogP contribution in [0.1, 0.15) is 246 Å². The first-order chi connectivity index (χ1) is 72.3. The molecule has 0 aliphatic heterocycles. The van der Waals surface area contributed by atoms with Crippen LogP contribution in [0.5, 0.6) is 17.2 Å². The van der Waals surface area contributed by atoms with Crippen LogP contribution in [-0.4, -0.2) is 166 Å². The van der Waals surface area contributed by atoms with Gasteiger partial charge in [-0.3, -0.25) is 0 Å². The van der Waals surface area contributed by atoms with E-state index in [1.807, 2.05) is 0 Å². The number of aliphatic hydroxyl groups excluding tert-OH is 6. The Hall–Kier alpha value is -12.6. The molecule has 0 amide bonds. The Morgan fingerprint density at radius 1 is 0.227 bits per heavy atom. The van der Waals surface area contributed by atoms with E-state index < -0.39 is 35.8 Å². The molecule has 0 heterocycles. The van der Waals surface area contributed by atoms with Gasteiger partial charge in [0, 0.05) is 90.8 Å². The second kappa shape index (κ2) is 68.3. The molecule has 0 aliphatic rings. The molecule has 0 saturated carbocycles. The van der Waals surface area contributed by atoms with Crippen molar-refractivity contribution < 1.29 is 102 Å². The Balaban J connectivity index is 0.000000304. The van der Waals surface area contributed by atoms with E-state index in [1.54, 1.807) is 41.5 Å². The maximum Gasteiger partial charge on any atom is 0.333 e. The van der Waals surface area contributed by atoms with E-state index in [9.17, 15) is 59.4 Å². The minimum absolute atomic E-state index is 0.125. The number of carbonyl (C=O) groups is 6. The van der Waals surface area contributed by atoms with E-state index in [0.717, 1.165) is 148 Å². The van der Waals surface area contributed by atoms with Crippen molar-refractivity contribution in [2.75, 3.05) is 99.1 Å². The summed E-state index contributed by atoms with van der Waals surface area (Å²) in [5.74, 6) is -1.09. The predicted molar refractivity (Wildman–Crippen MR) is 604 cm³/mol. The number of unbranched alkanes of at least 4 members (excludes halogenated alkanes) is 1. The van der Waals surface area contributed by atoms with Crippen LogP contribution in [0, 0.1) is 17.8 Å². The summed E-state index contributed by atoms with van der Waals surface area (Å²) in [6.07, 6.45) is 20.9. The monoisotopic (exact) mass is 2050 g/mol. The third-order valence-corrected chi connectivity index (χ3v) is 26.1. The summed E-state index contributed by atoms with van der Waals surface area (Å²) < 4.78 is 51.8. The van der Waals surface area contributed by atoms with E-state index in [1.165, 1.54) is 79.6 Å². The molecule has 0 bridgehead atoms. The van der Waals surface area contributed by atoms with Gasteiger partial charge in [0.15, 0.2) is 0 Å². The molecule has 0 unspecified atom stereocenters. The van der Waals surface area contributed by atoms with Crippen molar-refractivity contribution in [3.63, 3.8) is 0 Å². The van der Waals surface area contributed by atoms with Gasteiger partial charge in [-0.05, 0) is 353 Å². The summed E-state index contributed by atoms with van der Waals surface area (Å²) in [6.45, 7) is 46.6. The number of ether oxygens (including phenoxy) is 9. The number of aliphatic hydroxyl groups is 6. The Morgan fingerprint density at radius 2 is 0.433 bits per heavy atom. The van der Waals surface area contributed by atoms with Gasteiger partial charge in [-0.25, -0.2) is 28.8 Å². The van der Waals surface area contributed by atoms with Gasteiger partial charge in [0.1, 0.15) is 17.2 Å². The van der Waals surface area contributed by atoms with E-state index >= 15 is 0 Å². The largest absolute Gasteiger partial charge is 0.493 e. The zero-order valence-electron chi connectivity index (χ0n) is 91.6. The number of rotatable bonds is 66. The highest BCUT2D eigenvalue weighted by Crippen LogP contribution is 2.42. The highest BCUT2D eigenvalue weighted by atomic mass is 16.6. The minimum atomic E-state index is -0.414. The van der Waals surface area contributed by atoms with Crippen LogP contribution < -0.4 is 14.2 Å². The number of aryl methyl sites for hydroxylation is 12. The molecule has 6 N–H and O–H groups in total. The average Bonchev–Trinajstić information content (AvgIpc) is 0.792. The second-order valence-corrected chi connectivity index (χ2v) is 39.3. The zero-order chi connectivity index (χ0) is 109. The summed E-state index contributed by atoms with van der Waals surface area (Å²) in [5.41, 5.74) is 29.6. The van der Waals surface area contributed by atoms with Crippen molar-refractivity contribution in [2.24, 2.45) is 17.8 Å². The molecule has 0 saturated heterocycles. The van der Waals surface area contributed by atoms with Crippen LogP contribution in [0.25, 0.3) is 66.8 Å². The molecule has 810 valence electrons. The first-order valence-electron chi connectivity index (χ1n) is 54.0. The SMILES string of the molecule is C=C(C)C(=O)OCCCc1cc(-c2ccc(-c3ccc(CC)cc3)cc2CCC)cc(CCCOC(=O)C(=C)C)c1OCCC(CO)CO.C=C(C)C(=O)OCCCc1cc(-c2ccc(-c3ccc(CCC)cc3)cc2CCC)cc(CCCOC(=O)C(=C)C)c1OCCC(CO)CO.C=C(C)C(=O)OCCCc1cc(-c2ccc(-c3ccc(CCCC)cc3)cc2CCC)cc(CCCOC(=O)C(=C)C)c1OCCC(CO)CO. The van der Waals surface area contributed by atoms with Crippen molar-refractivity contribution in [3.05, 3.63) is 303 Å². The van der Waals surface area contributed by atoms with Crippen LogP contribution in [0.4, 0.5) is 0 Å². The third kappa shape index (κ3) is 41.6. The van der Waals surface area contributed by atoms with Crippen LogP contribution in [-0.2, 0) is 134 Å². The fourth-order valence-corrected chi connectivity index (χ4v) is 17.3. The molecule has 9 aromatic carbocycles. The van der Waals surface area contributed by atoms with Crippen LogP contribution >= 0.6 is 0 Å². The molecular formula is C129H168O21. The molecule has 0 fully saturated rings. The van der Waals surface area contributed by atoms with Crippen LogP contribution in [0.3, 0.4) is 0 Å². The lowest BCUT2D eigenvalue weighted by Gasteiger charge is -2.21. The molecular weight excluding hydrogens is 1890 g/mol. The fourth-order valence-electron chi connectivity index (χ4n) is 17.3. The fraction of sp³-hybridized carbons (Fsp3) is 0.442. The number of hydrogen-bond donors (Lipinski definition) is 6. The number of carbonyl (C=O) groups excluding carboxylic acids is 6. The van der Waals surface area contributed by atoms with E-state index in [2.05, 4.69) is 245 Å². The first-order valence-corrected chi connectivity index (χ1v) is 54.0. The van der Waals surface area contributed by atoms with Gasteiger partial charge in [-0.15, -0.1) is 0 Å². The summed E-state index contributed by atoms with van der Waals surface area (Å²) in [4.78, 5) is 72.4. The first kappa shape index (κ1) is 124. The Morgan fingerprint density at radius 3 is 0.633 bits per heavy atom. The maximum absolute atomic E-state index is 12.1. The summed E-state index contributed by atoms with van der Waals surface area (Å²) in [6, 6.07) is 59.6. The summed E-state index contributed by atoms with van der Waals surface area (Å²) >= 11 is 0. The molecule has 0 radical (unpaired) electrons. The number of esters is 6. The van der Waals surface area contributed by atoms with Gasteiger partial charge in [0.2, 0.25) is 0 Å². The van der Waals surface area contributed by atoms with Gasteiger partial charge < -0.3 is 73.3 Å². The van der Waals surface area contributed by atoms with E-state index in [4.69, 9.17) is 42.6 Å². The second-order valence-electron chi connectivity index (χ2n) is 39.3. The van der Waals surface area contributed by atoms with Crippen molar-refractivity contribution >= 4 is 35.8 Å². The van der Waals surface area contributed by atoms with Crippen LogP contribution in [0.15, 0.2) is 237 Å².